The summed E-state index contributed by atoms with van der Waals surface area (Å²) in [6, 6.07) is 4.90. The fourth-order valence-electron chi connectivity index (χ4n) is 3.76. The van der Waals surface area contributed by atoms with Gasteiger partial charge in [-0.05, 0) is 34.7 Å². The number of aliphatic hydroxyl groups is 2. The van der Waals surface area contributed by atoms with Gasteiger partial charge in [0.05, 0.1) is 35.2 Å². The van der Waals surface area contributed by atoms with E-state index in [-0.39, 0.29) is 36.4 Å². The van der Waals surface area contributed by atoms with Gasteiger partial charge in [0.25, 0.3) is 5.69 Å². The topological polar surface area (TPSA) is 159 Å². The predicted octanol–water partition coefficient (Wildman–Crippen LogP) is 2.91. The summed E-state index contributed by atoms with van der Waals surface area (Å²) in [5, 5.41) is 31.6. The molecular formula is C19H20ClIN5O6P. The lowest BCUT2D eigenvalue weighted by Gasteiger charge is -2.14. The zero-order chi connectivity index (χ0) is 23.9. The molecule has 2 unspecified atom stereocenters. The Bertz CT molecular complexity index is 1210. The van der Waals surface area contributed by atoms with E-state index in [1.165, 1.54) is 6.07 Å². The molecule has 176 valence electrons. The van der Waals surface area contributed by atoms with Gasteiger partial charge in [0.1, 0.15) is 29.0 Å². The minimum absolute atomic E-state index is 0.0324. The Morgan fingerprint density at radius 2 is 2.24 bits per heavy atom. The molecule has 1 aromatic carbocycles. The average Bonchev–Trinajstić information content (AvgIpc) is 3.31. The summed E-state index contributed by atoms with van der Waals surface area (Å²) in [7, 11) is 2.46. The van der Waals surface area contributed by atoms with Crippen molar-refractivity contribution in [3.63, 3.8) is 0 Å². The first kappa shape index (κ1) is 24.5. The Morgan fingerprint density at radius 1 is 1.48 bits per heavy atom. The predicted molar refractivity (Wildman–Crippen MR) is 132 cm³/mol. The molecule has 33 heavy (non-hydrogen) atoms. The molecule has 11 nitrogen and oxygen atoms in total. The molecule has 2 aromatic heterocycles. The quantitative estimate of drug-likeness (QED) is 0.121. The van der Waals surface area contributed by atoms with E-state index in [0.717, 1.165) is 3.57 Å². The normalized spacial score (nSPS) is 21.5. The second-order valence-electron chi connectivity index (χ2n) is 7.44. The molecule has 1 aliphatic heterocycles. The molecule has 3 aromatic rings. The number of fused-ring (bicyclic) bond motifs is 1. The zero-order valence-corrected chi connectivity index (χ0v) is 21.0. The molecule has 14 heteroatoms. The minimum Gasteiger partial charge on any atom is -0.394 e. The first-order chi connectivity index (χ1) is 15.7. The van der Waals surface area contributed by atoms with E-state index in [0.29, 0.717) is 22.2 Å². The van der Waals surface area contributed by atoms with Gasteiger partial charge in [-0.25, -0.2) is 4.98 Å². The third-order valence-corrected chi connectivity index (χ3v) is 6.83. The van der Waals surface area contributed by atoms with E-state index in [9.17, 15) is 20.3 Å². The number of hydrogen-bond donors (Lipinski definition) is 3. The van der Waals surface area contributed by atoms with Crippen LogP contribution in [0.1, 0.15) is 29.6 Å². The van der Waals surface area contributed by atoms with E-state index < -0.39 is 29.2 Å². The smallest absolute Gasteiger partial charge is 0.276 e. The number of nitrogens with zero attached hydrogens (tertiary/aromatic N) is 4. The van der Waals surface area contributed by atoms with Crippen molar-refractivity contribution >= 4 is 66.1 Å². The Labute approximate surface area is 208 Å². The van der Waals surface area contributed by atoms with Crippen LogP contribution < -0.4 is 5.73 Å². The summed E-state index contributed by atoms with van der Waals surface area (Å²) in [4.78, 5) is 19.3. The number of halogens is 2. The van der Waals surface area contributed by atoms with Crippen LogP contribution in [0.25, 0.3) is 11.0 Å². The Kier molecular flexibility index (Phi) is 7.34. The third-order valence-electron chi connectivity index (χ3n) is 5.33. The fourth-order valence-corrected chi connectivity index (χ4v) is 4.90. The monoisotopic (exact) mass is 607 g/mol. The molecule has 4 rings (SSSR count). The van der Waals surface area contributed by atoms with Crippen molar-refractivity contribution in [2.45, 2.75) is 37.3 Å². The number of hydrogen-bond acceptors (Lipinski definition) is 9. The molecular weight excluding hydrogens is 588 g/mol. The van der Waals surface area contributed by atoms with Crippen LogP contribution >= 0.6 is 43.4 Å². The maximum Gasteiger partial charge on any atom is 0.276 e. The fraction of sp³-hybridized carbons (Fsp3) is 0.368. The van der Waals surface area contributed by atoms with Crippen LogP contribution in [0.4, 0.5) is 11.6 Å². The van der Waals surface area contributed by atoms with Crippen LogP contribution in [0.15, 0.2) is 24.4 Å². The number of benzene rings is 1. The van der Waals surface area contributed by atoms with Crippen LogP contribution in [0, 0.1) is 13.7 Å². The van der Waals surface area contributed by atoms with Gasteiger partial charge in [0.15, 0.2) is 0 Å². The Hall–Kier alpha value is -1.67. The van der Waals surface area contributed by atoms with Crippen molar-refractivity contribution in [2.75, 3.05) is 12.3 Å². The van der Waals surface area contributed by atoms with Gasteiger partial charge in [-0.15, -0.1) is 9.24 Å². The lowest BCUT2D eigenvalue weighted by molar-refractivity contribution is -0.386. The largest absolute Gasteiger partial charge is 0.394 e. The van der Waals surface area contributed by atoms with E-state index >= 15 is 0 Å². The molecule has 0 bridgehead atoms. The van der Waals surface area contributed by atoms with Gasteiger partial charge >= 0.3 is 0 Å². The number of nitrogens with two attached hydrogens (primary N) is 1. The molecule has 0 aliphatic carbocycles. The molecule has 0 radical (unpaired) electrons. The average molecular weight is 608 g/mol. The highest BCUT2D eigenvalue weighted by Crippen LogP contribution is 2.38. The first-order valence-corrected chi connectivity index (χ1v) is 11.9. The van der Waals surface area contributed by atoms with E-state index in [4.69, 9.17) is 26.8 Å². The minimum atomic E-state index is -0.843. The number of nitro benzene ring substituents is 1. The van der Waals surface area contributed by atoms with Gasteiger partial charge in [0.2, 0.25) is 5.95 Å². The van der Waals surface area contributed by atoms with E-state index in [2.05, 4.69) is 19.2 Å². The standard InChI is InChI=1S/C19H20ClIN5O6P/c20-16-15-8(7-31-18(33)10-2-1-9(21)3-11(10)26(29)30)5-25(17(15)24-19(22)23-16)14-4-12(28)13(6-27)32-14/h1-3,5,12-14,18,27-28H,4,6-7,33H2,(H2,22,23,24)/t12?,13-,14-,18-/m1/s1. The van der Waals surface area contributed by atoms with Crippen molar-refractivity contribution < 1.29 is 24.6 Å². The first-order valence-electron chi connectivity index (χ1n) is 9.77. The summed E-state index contributed by atoms with van der Waals surface area (Å²) in [5.74, 6) is -0.701. The number of rotatable bonds is 7. The van der Waals surface area contributed by atoms with Gasteiger partial charge in [0, 0.05) is 27.8 Å². The second kappa shape index (κ2) is 9.90. The second-order valence-corrected chi connectivity index (χ2v) is 9.65. The molecule has 1 aliphatic rings. The Balaban J connectivity index is 1.66. The number of nitro groups is 1. The number of nitrogen functional groups attached to an aromatic ring is 1. The number of anilines is 1. The third kappa shape index (κ3) is 4.92. The van der Waals surface area contributed by atoms with Gasteiger partial charge in [-0.1, -0.05) is 11.6 Å². The Morgan fingerprint density at radius 3 is 2.91 bits per heavy atom. The van der Waals surface area contributed by atoms with Crippen LogP contribution in [0.3, 0.4) is 0 Å². The summed E-state index contributed by atoms with van der Waals surface area (Å²) in [6.45, 7) is -0.291. The van der Waals surface area contributed by atoms with Gasteiger partial charge in [-0.3, -0.25) is 10.1 Å². The molecule has 0 saturated carbocycles. The number of aromatic nitrogens is 3. The van der Waals surface area contributed by atoms with Crippen LogP contribution in [0.2, 0.25) is 5.15 Å². The van der Waals surface area contributed by atoms with Crippen LogP contribution in [0.5, 0.6) is 0 Å². The van der Waals surface area contributed by atoms with Crippen molar-refractivity contribution in [2.24, 2.45) is 0 Å². The maximum absolute atomic E-state index is 11.5. The summed E-state index contributed by atoms with van der Waals surface area (Å²) in [6.07, 6.45) is -0.230. The van der Waals surface area contributed by atoms with Crippen molar-refractivity contribution in [3.8, 4) is 0 Å². The van der Waals surface area contributed by atoms with Crippen LogP contribution in [-0.2, 0) is 16.1 Å². The SMILES string of the molecule is Nc1nc(Cl)c2c(CO[C@H](P)c3ccc(I)cc3[N+](=O)[O-])cn([C@H]3CC(O)[C@@H](CO)O3)c2n1. The van der Waals surface area contributed by atoms with Gasteiger partial charge < -0.3 is 30.0 Å². The van der Waals surface area contributed by atoms with Gasteiger partial charge in [-0.2, -0.15) is 4.98 Å². The van der Waals surface area contributed by atoms with Crippen molar-refractivity contribution in [3.05, 3.63) is 54.4 Å². The van der Waals surface area contributed by atoms with Crippen molar-refractivity contribution in [1.82, 2.24) is 14.5 Å². The molecule has 0 spiro atoms. The van der Waals surface area contributed by atoms with E-state index in [1.54, 1.807) is 22.9 Å². The number of aliphatic hydroxyl groups excluding tert-OH is 2. The lowest BCUT2D eigenvalue weighted by atomic mass is 10.2. The zero-order valence-electron chi connectivity index (χ0n) is 17.0. The summed E-state index contributed by atoms with van der Waals surface area (Å²) < 4.78 is 14.1. The maximum atomic E-state index is 11.5. The molecule has 0 amide bonds. The molecule has 3 heterocycles. The molecule has 1 saturated heterocycles. The lowest BCUT2D eigenvalue weighted by Crippen LogP contribution is -2.24. The summed E-state index contributed by atoms with van der Waals surface area (Å²) in [5.41, 5.74) is 7.16. The molecule has 5 atom stereocenters. The number of ether oxygens (including phenoxy) is 2. The highest BCUT2D eigenvalue weighted by Gasteiger charge is 2.36. The van der Waals surface area contributed by atoms with Crippen LogP contribution in [-0.4, -0.2) is 48.5 Å². The van der Waals surface area contributed by atoms with E-state index in [1.807, 2.05) is 22.6 Å². The van der Waals surface area contributed by atoms with Crippen molar-refractivity contribution in [1.29, 1.82) is 0 Å². The molecule has 1 fully saturated rings. The molecule has 4 N–H and O–H groups in total. The highest BCUT2D eigenvalue weighted by atomic mass is 127. The highest BCUT2D eigenvalue weighted by molar-refractivity contribution is 14.1. The summed E-state index contributed by atoms with van der Waals surface area (Å²) >= 11 is 8.38.